The van der Waals surface area contributed by atoms with Gasteiger partial charge >= 0.3 is 0 Å². The molecular formula is C16H27N3O2. The van der Waals surface area contributed by atoms with E-state index in [-0.39, 0.29) is 11.5 Å². The zero-order chi connectivity index (χ0) is 15.6. The minimum absolute atomic E-state index is 0.0913. The maximum atomic E-state index is 9.41. The van der Waals surface area contributed by atoms with Crippen LogP contribution in [0.2, 0.25) is 0 Å². The lowest BCUT2D eigenvalue weighted by Gasteiger charge is -2.35. The first-order chi connectivity index (χ1) is 9.79. The first-order valence-corrected chi connectivity index (χ1v) is 7.56. The van der Waals surface area contributed by atoms with Gasteiger partial charge in [-0.1, -0.05) is 20.8 Å². The van der Waals surface area contributed by atoms with Gasteiger partial charge < -0.3 is 14.7 Å². The van der Waals surface area contributed by atoms with Gasteiger partial charge in [-0.15, -0.1) is 0 Å². The van der Waals surface area contributed by atoms with E-state index in [4.69, 9.17) is 9.72 Å². The Morgan fingerprint density at radius 1 is 1.33 bits per heavy atom. The molecule has 118 valence electrons. The topological polar surface area (TPSA) is 58.5 Å². The number of hydrogen-bond acceptors (Lipinski definition) is 5. The molecule has 0 aromatic carbocycles. The molecule has 0 radical (unpaired) electrons. The lowest BCUT2D eigenvalue weighted by Crippen LogP contribution is -2.37. The molecule has 1 heterocycles. The van der Waals surface area contributed by atoms with Gasteiger partial charge in [0.05, 0.1) is 18.4 Å². The van der Waals surface area contributed by atoms with Crippen molar-refractivity contribution in [3.05, 3.63) is 17.6 Å². The van der Waals surface area contributed by atoms with E-state index in [1.807, 2.05) is 6.07 Å². The van der Waals surface area contributed by atoms with E-state index in [0.717, 1.165) is 36.7 Å². The van der Waals surface area contributed by atoms with Crippen molar-refractivity contribution >= 4 is 5.82 Å². The van der Waals surface area contributed by atoms with Crippen molar-refractivity contribution in [3.63, 3.8) is 0 Å². The third kappa shape index (κ3) is 4.14. The summed E-state index contributed by atoms with van der Waals surface area (Å²) >= 11 is 0. The molecule has 2 rings (SSSR count). The molecule has 0 bridgehead atoms. The summed E-state index contributed by atoms with van der Waals surface area (Å²) in [6.45, 7) is 7.76. The number of aliphatic hydroxyl groups excluding tert-OH is 1. The van der Waals surface area contributed by atoms with Crippen LogP contribution in [0.25, 0.3) is 0 Å². The average Bonchev–Trinajstić information content (AvgIpc) is 2.36. The van der Waals surface area contributed by atoms with Crippen LogP contribution in [-0.2, 0) is 16.8 Å². The highest BCUT2D eigenvalue weighted by Crippen LogP contribution is 2.29. The van der Waals surface area contributed by atoms with Crippen molar-refractivity contribution in [2.75, 3.05) is 25.6 Å². The fraction of sp³-hybridized carbons (Fsp3) is 0.750. The quantitative estimate of drug-likeness (QED) is 0.901. The Morgan fingerprint density at radius 2 is 2.00 bits per heavy atom. The molecule has 1 fully saturated rings. The summed E-state index contributed by atoms with van der Waals surface area (Å²) in [7, 11) is 3.73. The summed E-state index contributed by atoms with van der Waals surface area (Å²) in [6, 6.07) is 1.99. The number of rotatable bonds is 5. The van der Waals surface area contributed by atoms with E-state index >= 15 is 0 Å². The number of ether oxygens (including phenoxy) is 1. The van der Waals surface area contributed by atoms with Gasteiger partial charge in [0.25, 0.3) is 0 Å². The maximum absolute atomic E-state index is 9.41. The van der Waals surface area contributed by atoms with Gasteiger partial charge in [0, 0.05) is 32.2 Å². The highest BCUT2D eigenvalue weighted by atomic mass is 16.5. The van der Waals surface area contributed by atoms with E-state index in [1.165, 1.54) is 0 Å². The third-order valence-corrected chi connectivity index (χ3v) is 3.86. The van der Waals surface area contributed by atoms with Crippen LogP contribution in [0.15, 0.2) is 6.07 Å². The number of nitrogens with zero attached hydrogens (tertiary/aromatic N) is 3. The molecule has 0 saturated heterocycles. The van der Waals surface area contributed by atoms with Crippen LogP contribution in [0.1, 0.15) is 45.1 Å². The monoisotopic (exact) mass is 293 g/mol. The zero-order valence-electron chi connectivity index (χ0n) is 13.8. The van der Waals surface area contributed by atoms with Crippen molar-refractivity contribution in [3.8, 4) is 0 Å². The average molecular weight is 293 g/mol. The van der Waals surface area contributed by atoms with Gasteiger partial charge in [0.1, 0.15) is 11.6 Å². The molecule has 1 aliphatic rings. The highest BCUT2D eigenvalue weighted by Gasteiger charge is 2.28. The standard InChI is InChI=1S/C16H27N3O2/c1-16(2,3)15-17-12(10-21-5)8-14(18-15)19(4)9-11-6-13(20)7-11/h8,11,13,20H,6-7,9-10H2,1-5H3. The minimum atomic E-state index is -0.108. The Balaban J connectivity index is 2.18. The van der Waals surface area contributed by atoms with E-state index in [2.05, 4.69) is 37.7 Å². The van der Waals surface area contributed by atoms with Crippen LogP contribution >= 0.6 is 0 Å². The van der Waals surface area contributed by atoms with Crippen LogP contribution in [-0.4, -0.2) is 41.9 Å². The summed E-state index contributed by atoms with van der Waals surface area (Å²) in [5.74, 6) is 2.33. The number of aromatic nitrogens is 2. The molecule has 1 saturated carbocycles. The molecule has 5 heteroatoms. The molecule has 21 heavy (non-hydrogen) atoms. The zero-order valence-corrected chi connectivity index (χ0v) is 13.8. The lowest BCUT2D eigenvalue weighted by atomic mass is 9.82. The molecule has 0 amide bonds. The number of hydrogen-bond donors (Lipinski definition) is 1. The van der Waals surface area contributed by atoms with E-state index in [9.17, 15) is 5.11 Å². The summed E-state index contributed by atoms with van der Waals surface area (Å²) in [6.07, 6.45) is 1.68. The molecule has 0 aliphatic heterocycles. The summed E-state index contributed by atoms with van der Waals surface area (Å²) in [5.41, 5.74) is 0.819. The molecule has 1 aromatic rings. The van der Waals surface area contributed by atoms with Gasteiger partial charge in [-0.25, -0.2) is 9.97 Å². The van der Waals surface area contributed by atoms with Crippen molar-refractivity contribution < 1.29 is 9.84 Å². The second kappa shape index (κ2) is 6.28. The molecule has 0 spiro atoms. The maximum Gasteiger partial charge on any atom is 0.136 e. The van der Waals surface area contributed by atoms with Gasteiger partial charge in [-0.2, -0.15) is 0 Å². The van der Waals surface area contributed by atoms with Crippen molar-refractivity contribution in [2.45, 2.75) is 51.7 Å². The summed E-state index contributed by atoms with van der Waals surface area (Å²) in [4.78, 5) is 11.5. The number of anilines is 1. The van der Waals surface area contributed by atoms with Crippen LogP contribution in [0.4, 0.5) is 5.82 Å². The Hall–Kier alpha value is -1.20. The SMILES string of the molecule is COCc1cc(N(C)CC2CC(O)C2)nc(C(C)(C)C)n1. The molecule has 0 atom stereocenters. The molecule has 5 nitrogen and oxygen atoms in total. The Kier molecular flexibility index (Phi) is 4.84. The Bertz CT molecular complexity index is 479. The van der Waals surface area contributed by atoms with Crippen LogP contribution in [0.3, 0.4) is 0 Å². The first kappa shape index (κ1) is 16.2. The van der Waals surface area contributed by atoms with E-state index in [0.29, 0.717) is 12.5 Å². The second-order valence-corrected chi connectivity index (χ2v) is 7.10. The molecule has 0 unspecified atom stereocenters. The van der Waals surface area contributed by atoms with E-state index in [1.54, 1.807) is 7.11 Å². The number of methoxy groups -OCH3 is 1. The smallest absolute Gasteiger partial charge is 0.136 e. The Morgan fingerprint density at radius 3 is 2.52 bits per heavy atom. The third-order valence-electron chi connectivity index (χ3n) is 3.86. The van der Waals surface area contributed by atoms with Gasteiger partial charge in [-0.3, -0.25) is 0 Å². The summed E-state index contributed by atoms with van der Waals surface area (Å²) in [5, 5.41) is 9.41. The summed E-state index contributed by atoms with van der Waals surface area (Å²) < 4.78 is 5.22. The van der Waals surface area contributed by atoms with E-state index < -0.39 is 0 Å². The fourth-order valence-corrected chi connectivity index (χ4v) is 2.57. The molecule has 1 aromatic heterocycles. The van der Waals surface area contributed by atoms with Gasteiger partial charge in [-0.05, 0) is 18.8 Å². The van der Waals surface area contributed by atoms with Crippen LogP contribution < -0.4 is 4.90 Å². The lowest BCUT2D eigenvalue weighted by molar-refractivity contribution is 0.0464. The largest absolute Gasteiger partial charge is 0.393 e. The first-order valence-electron chi connectivity index (χ1n) is 7.56. The normalized spacial score (nSPS) is 22.0. The van der Waals surface area contributed by atoms with Crippen molar-refractivity contribution in [2.24, 2.45) is 5.92 Å². The van der Waals surface area contributed by atoms with Crippen molar-refractivity contribution in [1.29, 1.82) is 0 Å². The predicted octanol–water partition coefficient (Wildman–Crippen LogP) is 2.13. The van der Waals surface area contributed by atoms with Crippen LogP contribution in [0, 0.1) is 5.92 Å². The fourth-order valence-electron chi connectivity index (χ4n) is 2.57. The number of aliphatic hydroxyl groups is 1. The van der Waals surface area contributed by atoms with Crippen molar-refractivity contribution in [1.82, 2.24) is 9.97 Å². The molecule has 1 aliphatic carbocycles. The predicted molar refractivity (Wildman–Crippen MR) is 83.4 cm³/mol. The molecule has 1 N–H and O–H groups in total. The molecular weight excluding hydrogens is 266 g/mol. The Labute approximate surface area is 127 Å². The minimum Gasteiger partial charge on any atom is -0.393 e. The van der Waals surface area contributed by atoms with Crippen LogP contribution in [0.5, 0.6) is 0 Å². The highest BCUT2D eigenvalue weighted by molar-refractivity contribution is 5.40. The van der Waals surface area contributed by atoms with Gasteiger partial charge in [0.2, 0.25) is 0 Å². The van der Waals surface area contributed by atoms with Gasteiger partial charge in [0.15, 0.2) is 0 Å². The second-order valence-electron chi connectivity index (χ2n) is 7.10.